The summed E-state index contributed by atoms with van der Waals surface area (Å²) < 4.78 is 4.80. The van der Waals surface area contributed by atoms with Crippen LogP contribution in [-0.4, -0.2) is 20.8 Å². The van der Waals surface area contributed by atoms with Crippen molar-refractivity contribution in [3.05, 3.63) is 12.7 Å². The van der Waals surface area contributed by atoms with Crippen molar-refractivity contribution in [2.75, 3.05) is 6.61 Å². The lowest BCUT2D eigenvalue weighted by molar-refractivity contribution is -0.137. The van der Waals surface area contributed by atoms with Gasteiger partial charge in [-0.05, 0) is 12.5 Å². The summed E-state index contributed by atoms with van der Waals surface area (Å²) in [5.74, 6) is -0.355. The minimum Gasteiger partial charge on any atom is -0.463 e. The average Bonchev–Trinajstić information content (AvgIpc) is 1.96. The van der Waals surface area contributed by atoms with Crippen LogP contribution >= 0.6 is 0 Å². The number of ether oxygens (including phenoxy) is 1. The smallest absolute Gasteiger partial charge is 0.330 e. The number of nitrogens with two attached hydrogens (primary N) is 1. The SMILES string of the molecule is C=CC(=O)OCCC[Si](C)(C)N. The van der Waals surface area contributed by atoms with Crippen molar-refractivity contribution in [3.8, 4) is 0 Å². The van der Waals surface area contributed by atoms with Crippen LogP contribution in [0.25, 0.3) is 0 Å². The van der Waals surface area contributed by atoms with Gasteiger partial charge in [0.25, 0.3) is 0 Å². The predicted molar refractivity (Wildman–Crippen MR) is 52.2 cm³/mol. The van der Waals surface area contributed by atoms with Crippen LogP contribution < -0.4 is 5.40 Å². The second-order valence-electron chi connectivity index (χ2n) is 3.46. The minimum atomic E-state index is -1.46. The lowest BCUT2D eigenvalue weighted by atomic mass is 10.5. The molecule has 0 saturated carbocycles. The minimum absolute atomic E-state index is 0.355. The molecule has 0 aromatic rings. The molecule has 70 valence electrons. The third kappa shape index (κ3) is 7.49. The summed E-state index contributed by atoms with van der Waals surface area (Å²) in [5.41, 5.74) is 0. The van der Waals surface area contributed by atoms with Crippen LogP contribution in [0.5, 0.6) is 0 Å². The Morgan fingerprint density at radius 1 is 1.67 bits per heavy atom. The molecule has 0 aliphatic heterocycles. The highest BCUT2D eigenvalue weighted by atomic mass is 28.3. The lowest BCUT2D eigenvalue weighted by Crippen LogP contribution is -2.37. The molecule has 12 heavy (non-hydrogen) atoms. The fourth-order valence-electron chi connectivity index (χ4n) is 0.759. The highest BCUT2D eigenvalue weighted by molar-refractivity contribution is 6.74. The van der Waals surface area contributed by atoms with Crippen molar-refractivity contribution in [1.82, 2.24) is 0 Å². The Balaban J connectivity index is 3.34. The van der Waals surface area contributed by atoms with E-state index in [2.05, 4.69) is 19.7 Å². The van der Waals surface area contributed by atoms with Crippen molar-refractivity contribution in [2.24, 2.45) is 5.40 Å². The molecule has 0 aromatic carbocycles. The Morgan fingerprint density at radius 2 is 2.25 bits per heavy atom. The zero-order valence-corrected chi connectivity index (χ0v) is 8.80. The normalized spacial score (nSPS) is 10.9. The van der Waals surface area contributed by atoms with Gasteiger partial charge in [-0.2, -0.15) is 0 Å². The number of rotatable bonds is 5. The van der Waals surface area contributed by atoms with Crippen LogP contribution in [-0.2, 0) is 9.53 Å². The molecule has 2 N–H and O–H groups in total. The number of hydrogen-bond acceptors (Lipinski definition) is 3. The Labute approximate surface area is 74.7 Å². The van der Waals surface area contributed by atoms with Gasteiger partial charge in [0.2, 0.25) is 0 Å². The Hall–Kier alpha value is -0.613. The molecule has 4 heteroatoms. The maximum Gasteiger partial charge on any atom is 0.330 e. The molecule has 0 radical (unpaired) electrons. The van der Waals surface area contributed by atoms with E-state index in [1.807, 2.05) is 0 Å². The zero-order chi connectivity index (χ0) is 9.61. The Kier molecular flexibility index (Phi) is 4.85. The standard InChI is InChI=1S/C8H17NO2Si/c1-4-8(10)11-6-5-7-12(2,3)9/h4H,1,5-7,9H2,2-3H3. The molecule has 0 fully saturated rings. The van der Waals surface area contributed by atoms with E-state index >= 15 is 0 Å². The highest BCUT2D eigenvalue weighted by Gasteiger charge is 2.13. The summed E-state index contributed by atoms with van der Waals surface area (Å²) in [6.45, 7) is 7.93. The van der Waals surface area contributed by atoms with Crippen LogP contribution in [0.1, 0.15) is 6.42 Å². The molecule has 0 bridgehead atoms. The lowest BCUT2D eigenvalue weighted by Gasteiger charge is -2.14. The van der Waals surface area contributed by atoms with Gasteiger partial charge in [0.15, 0.2) is 0 Å². The van der Waals surface area contributed by atoms with Gasteiger partial charge in [0.05, 0.1) is 6.61 Å². The second-order valence-corrected chi connectivity index (χ2v) is 7.94. The van der Waals surface area contributed by atoms with Crippen molar-refractivity contribution in [3.63, 3.8) is 0 Å². The van der Waals surface area contributed by atoms with E-state index in [0.717, 1.165) is 12.5 Å². The van der Waals surface area contributed by atoms with Gasteiger partial charge in [-0.1, -0.05) is 19.7 Å². The van der Waals surface area contributed by atoms with E-state index < -0.39 is 8.24 Å². The second kappa shape index (κ2) is 5.11. The van der Waals surface area contributed by atoms with Gasteiger partial charge >= 0.3 is 5.97 Å². The van der Waals surface area contributed by atoms with Gasteiger partial charge in [-0.25, -0.2) is 4.79 Å². The van der Waals surface area contributed by atoms with E-state index in [-0.39, 0.29) is 5.97 Å². The summed E-state index contributed by atoms with van der Waals surface area (Å²) in [5, 5.41) is 5.86. The third-order valence-electron chi connectivity index (χ3n) is 1.38. The molecule has 0 amide bonds. The van der Waals surface area contributed by atoms with Crippen molar-refractivity contribution >= 4 is 14.2 Å². The van der Waals surface area contributed by atoms with Crippen LogP contribution in [0.15, 0.2) is 12.7 Å². The van der Waals surface area contributed by atoms with E-state index in [4.69, 9.17) is 10.1 Å². The molecule has 0 aliphatic rings. The van der Waals surface area contributed by atoms with Crippen LogP contribution in [0.3, 0.4) is 0 Å². The van der Waals surface area contributed by atoms with Crippen molar-refractivity contribution < 1.29 is 9.53 Å². The zero-order valence-electron chi connectivity index (χ0n) is 7.80. The number of carbonyl (C=O) groups is 1. The molecular weight excluding hydrogens is 170 g/mol. The van der Waals surface area contributed by atoms with Gasteiger partial charge in [0, 0.05) is 6.08 Å². The van der Waals surface area contributed by atoms with Crippen molar-refractivity contribution in [1.29, 1.82) is 0 Å². The fraction of sp³-hybridized carbons (Fsp3) is 0.625. The summed E-state index contributed by atoms with van der Waals surface area (Å²) in [4.78, 5) is 10.6. The Bertz CT molecular complexity index is 163. The van der Waals surface area contributed by atoms with Gasteiger partial charge in [-0.15, -0.1) is 0 Å². The molecule has 0 saturated heterocycles. The maximum atomic E-state index is 10.6. The Morgan fingerprint density at radius 3 is 2.67 bits per heavy atom. The topological polar surface area (TPSA) is 52.3 Å². The molecule has 0 spiro atoms. The first-order valence-electron chi connectivity index (χ1n) is 4.04. The van der Waals surface area contributed by atoms with Gasteiger partial charge < -0.3 is 10.1 Å². The monoisotopic (exact) mass is 187 g/mol. The first-order chi connectivity index (χ1) is 5.45. The molecule has 0 atom stereocenters. The molecule has 0 aromatic heterocycles. The van der Waals surface area contributed by atoms with Crippen molar-refractivity contribution in [2.45, 2.75) is 25.6 Å². The first kappa shape index (κ1) is 11.4. The average molecular weight is 187 g/mol. The van der Waals surface area contributed by atoms with E-state index in [0.29, 0.717) is 6.61 Å². The number of hydrogen-bond donors (Lipinski definition) is 1. The summed E-state index contributed by atoms with van der Waals surface area (Å²) in [7, 11) is -1.46. The fourth-order valence-corrected chi connectivity index (χ4v) is 1.82. The van der Waals surface area contributed by atoms with Gasteiger partial charge in [-0.3, -0.25) is 0 Å². The van der Waals surface area contributed by atoms with E-state index in [1.165, 1.54) is 6.08 Å². The third-order valence-corrected chi connectivity index (χ3v) is 3.02. The van der Waals surface area contributed by atoms with Crippen LogP contribution in [0.2, 0.25) is 19.1 Å². The molecule has 0 unspecified atom stereocenters. The summed E-state index contributed by atoms with van der Waals surface area (Å²) in [6.07, 6.45) is 2.03. The maximum absolute atomic E-state index is 10.6. The molecule has 3 nitrogen and oxygen atoms in total. The highest BCUT2D eigenvalue weighted by Crippen LogP contribution is 2.04. The van der Waals surface area contributed by atoms with Crippen LogP contribution in [0.4, 0.5) is 0 Å². The van der Waals surface area contributed by atoms with E-state index in [9.17, 15) is 4.79 Å². The first-order valence-corrected chi connectivity index (χ1v) is 7.32. The quantitative estimate of drug-likeness (QED) is 0.305. The molecule has 0 heterocycles. The molecular formula is C8H17NO2Si. The number of esters is 1. The van der Waals surface area contributed by atoms with Crippen LogP contribution in [0, 0.1) is 0 Å². The predicted octanol–water partition coefficient (Wildman–Crippen LogP) is 1.27. The largest absolute Gasteiger partial charge is 0.463 e. The molecule has 0 rings (SSSR count). The summed E-state index contributed by atoms with van der Waals surface area (Å²) in [6, 6.07) is 0.984. The summed E-state index contributed by atoms with van der Waals surface area (Å²) >= 11 is 0. The van der Waals surface area contributed by atoms with E-state index in [1.54, 1.807) is 0 Å². The molecule has 0 aliphatic carbocycles. The van der Waals surface area contributed by atoms with Gasteiger partial charge in [0.1, 0.15) is 8.24 Å². The number of carbonyl (C=O) groups excluding carboxylic acids is 1.